The summed E-state index contributed by atoms with van der Waals surface area (Å²) in [5.74, 6) is 0. The largest absolute Gasteiger partial charge is 0.315 e. The molecule has 0 bridgehead atoms. The third kappa shape index (κ3) is 6.39. The molecular weight excluding hydrogens is 172 g/mol. The second-order valence-corrected chi connectivity index (χ2v) is 5.35. The van der Waals surface area contributed by atoms with Gasteiger partial charge in [0.25, 0.3) is 0 Å². The smallest absolute Gasteiger partial charge is 0.0215 e. The predicted molar refractivity (Wildman–Crippen MR) is 64.7 cm³/mol. The zero-order valence-corrected chi connectivity index (χ0v) is 10.9. The molecule has 0 aliphatic carbocycles. The van der Waals surface area contributed by atoms with E-state index in [0.717, 1.165) is 19.6 Å². The van der Waals surface area contributed by atoms with E-state index in [1.54, 1.807) is 0 Å². The maximum atomic E-state index is 3.42. The molecule has 0 aromatic carbocycles. The minimum atomic E-state index is 0.397. The Balaban J connectivity index is 3.97. The van der Waals surface area contributed by atoms with Crippen LogP contribution in [0.15, 0.2) is 0 Å². The lowest BCUT2D eigenvalue weighted by molar-refractivity contribution is 0.165. The molecule has 0 aromatic rings. The minimum absolute atomic E-state index is 0.397. The molecule has 0 radical (unpaired) electrons. The summed E-state index contributed by atoms with van der Waals surface area (Å²) in [5, 5.41) is 3.42. The molecule has 86 valence electrons. The molecule has 0 aliphatic heterocycles. The molecule has 0 rings (SSSR count). The van der Waals surface area contributed by atoms with Gasteiger partial charge < -0.3 is 10.2 Å². The maximum absolute atomic E-state index is 3.42. The molecule has 0 saturated heterocycles. The number of rotatable bonds is 6. The van der Waals surface area contributed by atoms with Crippen LogP contribution in [0.3, 0.4) is 0 Å². The molecule has 0 aliphatic rings. The first-order chi connectivity index (χ1) is 6.40. The van der Waals surface area contributed by atoms with Gasteiger partial charge in [0.1, 0.15) is 0 Å². The fourth-order valence-electron chi connectivity index (χ4n) is 1.80. The molecule has 0 fully saturated rings. The van der Waals surface area contributed by atoms with Gasteiger partial charge >= 0.3 is 0 Å². The van der Waals surface area contributed by atoms with Gasteiger partial charge in [-0.1, -0.05) is 34.6 Å². The van der Waals surface area contributed by atoms with E-state index in [9.17, 15) is 0 Å². The number of nitrogens with one attached hydrogen (secondary N) is 1. The molecule has 14 heavy (non-hydrogen) atoms. The Bertz CT molecular complexity index is 138. The summed E-state index contributed by atoms with van der Waals surface area (Å²) in [5.41, 5.74) is 0.397. The average molecular weight is 200 g/mol. The van der Waals surface area contributed by atoms with Crippen LogP contribution in [0, 0.1) is 5.41 Å². The van der Waals surface area contributed by atoms with Crippen molar-refractivity contribution in [3.05, 3.63) is 0 Å². The van der Waals surface area contributed by atoms with Crippen LogP contribution < -0.4 is 5.32 Å². The first-order valence-electron chi connectivity index (χ1n) is 5.81. The Hall–Kier alpha value is -0.0800. The first kappa shape index (κ1) is 13.9. The van der Waals surface area contributed by atoms with Crippen LogP contribution in [0.25, 0.3) is 0 Å². The van der Waals surface area contributed by atoms with Crippen LogP contribution in [-0.2, 0) is 0 Å². The van der Waals surface area contributed by atoms with Crippen molar-refractivity contribution in [2.45, 2.75) is 47.1 Å². The summed E-state index contributed by atoms with van der Waals surface area (Å²) in [6.45, 7) is 14.7. The molecule has 2 heteroatoms. The van der Waals surface area contributed by atoms with Crippen molar-refractivity contribution in [3.63, 3.8) is 0 Å². The van der Waals surface area contributed by atoms with E-state index >= 15 is 0 Å². The number of hydrogen-bond acceptors (Lipinski definition) is 2. The van der Waals surface area contributed by atoms with E-state index in [1.165, 1.54) is 6.42 Å². The normalized spacial score (nSPS) is 14.8. The quantitative estimate of drug-likeness (QED) is 0.708. The Labute approximate surface area is 90.1 Å². The van der Waals surface area contributed by atoms with Gasteiger partial charge in [-0.3, -0.25) is 0 Å². The van der Waals surface area contributed by atoms with Crippen LogP contribution in [-0.4, -0.2) is 37.6 Å². The Morgan fingerprint density at radius 2 is 1.79 bits per heavy atom. The molecular formula is C12H28N2. The highest BCUT2D eigenvalue weighted by Gasteiger charge is 2.18. The summed E-state index contributed by atoms with van der Waals surface area (Å²) in [6, 6.07) is 0.675. The monoisotopic (exact) mass is 200 g/mol. The third-order valence-corrected chi connectivity index (χ3v) is 2.45. The number of likely N-dealkylation sites (N-methyl/N-ethyl adjacent to an activating group) is 2. The molecule has 1 unspecified atom stereocenters. The molecule has 0 spiro atoms. The lowest BCUT2D eigenvalue weighted by Crippen LogP contribution is -2.43. The average Bonchev–Trinajstić information content (AvgIpc) is 2.02. The zero-order chi connectivity index (χ0) is 11.2. The topological polar surface area (TPSA) is 15.3 Å². The van der Waals surface area contributed by atoms with Gasteiger partial charge in [0.15, 0.2) is 0 Å². The summed E-state index contributed by atoms with van der Waals surface area (Å²) in [4.78, 5) is 2.47. The van der Waals surface area contributed by atoms with Gasteiger partial charge in [0, 0.05) is 19.1 Å². The summed E-state index contributed by atoms with van der Waals surface area (Å²) < 4.78 is 0. The second-order valence-electron chi connectivity index (χ2n) is 5.35. The number of hydrogen-bond donors (Lipinski definition) is 1. The van der Waals surface area contributed by atoms with Gasteiger partial charge in [-0.05, 0) is 25.4 Å². The summed E-state index contributed by atoms with van der Waals surface area (Å²) in [6.07, 6.45) is 1.22. The summed E-state index contributed by atoms with van der Waals surface area (Å²) >= 11 is 0. The SMILES string of the molecule is CCNCC(CC)N(C)CC(C)(C)C. The molecule has 1 atom stereocenters. The van der Waals surface area contributed by atoms with Crippen LogP contribution in [0.1, 0.15) is 41.0 Å². The van der Waals surface area contributed by atoms with Crippen molar-refractivity contribution in [2.24, 2.45) is 5.41 Å². The second kappa shape index (κ2) is 6.41. The lowest BCUT2D eigenvalue weighted by Gasteiger charge is -2.33. The van der Waals surface area contributed by atoms with Crippen molar-refractivity contribution in [2.75, 3.05) is 26.7 Å². The van der Waals surface area contributed by atoms with E-state index in [1.807, 2.05) is 0 Å². The fourth-order valence-corrected chi connectivity index (χ4v) is 1.80. The molecule has 0 amide bonds. The van der Waals surface area contributed by atoms with Gasteiger partial charge in [-0.2, -0.15) is 0 Å². The van der Waals surface area contributed by atoms with Crippen LogP contribution in [0.4, 0.5) is 0 Å². The van der Waals surface area contributed by atoms with Crippen molar-refractivity contribution in [3.8, 4) is 0 Å². The highest BCUT2D eigenvalue weighted by molar-refractivity contribution is 4.74. The minimum Gasteiger partial charge on any atom is -0.315 e. The maximum Gasteiger partial charge on any atom is 0.0215 e. The molecule has 0 aromatic heterocycles. The van der Waals surface area contributed by atoms with E-state index in [2.05, 4.69) is 51.9 Å². The van der Waals surface area contributed by atoms with Crippen molar-refractivity contribution in [1.82, 2.24) is 10.2 Å². The number of nitrogens with zero attached hydrogens (tertiary/aromatic N) is 1. The van der Waals surface area contributed by atoms with E-state index in [-0.39, 0.29) is 0 Å². The standard InChI is InChI=1S/C12H28N2/c1-7-11(9-13-8-2)14(6)10-12(3,4)5/h11,13H,7-10H2,1-6H3. The highest BCUT2D eigenvalue weighted by atomic mass is 15.1. The summed E-state index contributed by atoms with van der Waals surface area (Å²) in [7, 11) is 2.23. The van der Waals surface area contributed by atoms with Gasteiger partial charge in [0.2, 0.25) is 0 Å². The third-order valence-electron chi connectivity index (χ3n) is 2.45. The Morgan fingerprint density at radius 1 is 1.21 bits per heavy atom. The molecule has 0 heterocycles. The van der Waals surface area contributed by atoms with Crippen molar-refractivity contribution >= 4 is 0 Å². The highest BCUT2D eigenvalue weighted by Crippen LogP contribution is 2.16. The van der Waals surface area contributed by atoms with E-state index in [4.69, 9.17) is 0 Å². The van der Waals surface area contributed by atoms with Crippen LogP contribution in [0.2, 0.25) is 0 Å². The fraction of sp³-hybridized carbons (Fsp3) is 1.00. The van der Waals surface area contributed by atoms with Crippen LogP contribution in [0.5, 0.6) is 0 Å². The van der Waals surface area contributed by atoms with Gasteiger partial charge in [-0.25, -0.2) is 0 Å². The van der Waals surface area contributed by atoms with E-state index in [0.29, 0.717) is 11.5 Å². The Morgan fingerprint density at radius 3 is 2.14 bits per heavy atom. The van der Waals surface area contributed by atoms with Crippen molar-refractivity contribution < 1.29 is 0 Å². The molecule has 1 N–H and O–H groups in total. The zero-order valence-electron chi connectivity index (χ0n) is 10.9. The molecule has 0 saturated carbocycles. The van der Waals surface area contributed by atoms with Crippen LogP contribution >= 0.6 is 0 Å². The Kier molecular flexibility index (Phi) is 6.38. The first-order valence-corrected chi connectivity index (χ1v) is 5.81. The van der Waals surface area contributed by atoms with Gasteiger partial charge in [0.05, 0.1) is 0 Å². The lowest BCUT2D eigenvalue weighted by atomic mass is 9.95. The van der Waals surface area contributed by atoms with Crippen molar-refractivity contribution in [1.29, 1.82) is 0 Å². The predicted octanol–water partition coefficient (Wildman–Crippen LogP) is 2.35. The molecule has 2 nitrogen and oxygen atoms in total. The van der Waals surface area contributed by atoms with E-state index < -0.39 is 0 Å². The van der Waals surface area contributed by atoms with Gasteiger partial charge in [-0.15, -0.1) is 0 Å².